The maximum Gasteiger partial charge on any atom is 0.406 e. The minimum Gasteiger partial charge on any atom is -0.444 e. The first kappa shape index (κ1) is 18.6. The average molecular weight is 354 g/mol. The zero-order valence-electron chi connectivity index (χ0n) is 13.6. The van der Waals surface area contributed by atoms with Crippen LogP contribution < -0.4 is 5.73 Å². The number of alkyl halides is 3. The van der Waals surface area contributed by atoms with Crippen molar-refractivity contribution in [1.29, 1.82) is 0 Å². The van der Waals surface area contributed by atoms with E-state index in [-0.39, 0.29) is 17.0 Å². The van der Waals surface area contributed by atoms with Crippen LogP contribution in [0.1, 0.15) is 33.4 Å². The third kappa shape index (κ3) is 4.40. The van der Waals surface area contributed by atoms with Gasteiger partial charge in [-0.15, -0.1) is 0 Å². The number of aryl methyl sites for hydroxylation is 1. The summed E-state index contributed by atoms with van der Waals surface area (Å²) in [5.74, 6) is -1.78. The molecule has 0 aliphatic rings. The molecule has 25 heavy (non-hydrogen) atoms. The Kier molecular flexibility index (Phi) is 5.20. The van der Waals surface area contributed by atoms with Gasteiger partial charge in [-0.2, -0.15) is 13.2 Å². The van der Waals surface area contributed by atoms with Crippen molar-refractivity contribution in [3.05, 3.63) is 58.9 Å². The smallest absolute Gasteiger partial charge is 0.406 e. The number of halogens is 3. The first-order chi connectivity index (χ1) is 11.6. The van der Waals surface area contributed by atoms with Crippen molar-refractivity contribution in [2.75, 3.05) is 0 Å². The Morgan fingerprint density at radius 1 is 1.20 bits per heavy atom. The van der Waals surface area contributed by atoms with Crippen LogP contribution in [0.25, 0.3) is 0 Å². The van der Waals surface area contributed by atoms with Crippen molar-refractivity contribution in [3.8, 4) is 0 Å². The molecule has 0 fully saturated rings. The van der Waals surface area contributed by atoms with E-state index in [0.29, 0.717) is 5.56 Å². The Bertz CT molecular complexity index is 782. The van der Waals surface area contributed by atoms with Gasteiger partial charge in [0.2, 0.25) is 6.10 Å². The number of esters is 1. The van der Waals surface area contributed by atoms with Gasteiger partial charge in [0, 0.05) is 17.0 Å². The first-order valence-corrected chi connectivity index (χ1v) is 7.39. The molecule has 2 rings (SSSR count). The summed E-state index contributed by atoms with van der Waals surface area (Å²) in [5, 5.41) is 0. The van der Waals surface area contributed by atoms with E-state index in [2.05, 4.69) is 0 Å². The Morgan fingerprint density at radius 3 is 2.32 bits per heavy atom. The van der Waals surface area contributed by atoms with Crippen LogP contribution in [0.4, 0.5) is 13.2 Å². The maximum absolute atomic E-state index is 12.7. The third-order valence-corrected chi connectivity index (χ3v) is 3.72. The third-order valence-electron chi connectivity index (χ3n) is 3.72. The first-order valence-electron chi connectivity index (χ1n) is 7.39. The largest absolute Gasteiger partial charge is 0.444 e. The lowest BCUT2D eigenvalue weighted by atomic mass is 10.1. The van der Waals surface area contributed by atoms with Crippen LogP contribution in [0.5, 0.6) is 0 Å². The van der Waals surface area contributed by atoms with Crippen LogP contribution in [-0.2, 0) is 16.1 Å². The fourth-order valence-electron chi connectivity index (χ4n) is 2.52. The molecule has 0 radical (unpaired) electrons. The molecule has 2 aromatic rings. The number of ether oxygens (including phenoxy) is 1. The summed E-state index contributed by atoms with van der Waals surface area (Å²) < 4.78 is 44.1. The van der Waals surface area contributed by atoms with E-state index >= 15 is 0 Å². The molecule has 0 unspecified atom stereocenters. The highest BCUT2D eigenvalue weighted by atomic mass is 19.4. The van der Waals surface area contributed by atoms with Gasteiger partial charge in [0.15, 0.2) is 0 Å². The monoisotopic (exact) mass is 354 g/mol. The number of benzene rings is 1. The number of carbonyl (C=O) groups excluding carboxylic acids is 2. The molecule has 1 atom stereocenters. The van der Waals surface area contributed by atoms with Crippen LogP contribution in [0.3, 0.4) is 0 Å². The molecule has 2 N–H and O–H groups in total. The molecule has 0 saturated carbocycles. The van der Waals surface area contributed by atoms with Gasteiger partial charge >= 0.3 is 12.1 Å². The van der Waals surface area contributed by atoms with Gasteiger partial charge in [0.1, 0.15) is 6.54 Å². The molecule has 0 aliphatic heterocycles. The summed E-state index contributed by atoms with van der Waals surface area (Å²) >= 11 is 0. The summed E-state index contributed by atoms with van der Waals surface area (Å²) in [5.41, 5.74) is 5.99. The molecule has 0 spiro atoms. The lowest BCUT2D eigenvalue weighted by molar-refractivity contribution is -0.141. The van der Waals surface area contributed by atoms with E-state index in [9.17, 15) is 22.8 Å². The normalized spacial score (nSPS) is 12.7. The Morgan fingerprint density at radius 2 is 1.80 bits per heavy atom. The second-order valence-electron chi connectivity index (χ2n) is 5.58. The molecule has 134 valence electrons. The lowest BCUT2D eigenvalue weighted by Crippen LogP contribution is -2.26. The number of rotatable bonds is 5. The summed E-state index contributed by atoms with van der Waals surface area (Å²) in [4.78, 5) is 24.0. The van der Waals surface area contributed by atoms with Gasteiger partial charge in [-0.1, -0.05) is 30.3 Å². The number of amides is 1. The van der Waals surface area contributed by atoms with Crippen LogP contribution in [-0.4, -0.2) is 22.6 Å². The number of hydrogen-bond donors (Lipinski definition) is 1. The Labute approximate surface area is 142 Å². The molecule has 0 saturated heterocycles. The molecule has 0 bridgehead atoms. The van der Waals surface area contributed by atoms with Crippen molar-refractivity contribution in [2.45, 2.75) is 32.7 Å². The summed E-state index contributed by atoms with van der Waals surface area (Å²) in [6, 6.07) is 9.44. The van der Waals surface area contributed by atoms with E-state index in [1.165, 1.54) is 19.9 Å². The van der Waals surface area contributed by atoms with Crippen molar-refractivity contribution in [3.63, 3.8) is 0 Å². The second-order valence-corrected chi connectivity index (χ2v) is 5.58. The minimum absolute atomic E-state index is 0.0380. The van der Waals surface area contributed by atoms with Crippen molar-refractivity contribution in [2.24, 2.45) is 5.73 Å². The molecule has 1 aromatic carbocycles. The molecule has 0 aliphatic carbocycles. The summed E-state index contributed by atoms with van der Waals surface area (Å²) in [6.07, 6.45) is -5.74. The number of carbonyl (C=O) groups is 2. The summed E-state index contributed by atoms with van der Waals surface area (Å²) in [6.45, 7) is 1.63. The average Bonchev–Trinajstić information content (AvgIpc) is 2.79. The van der Waals surface area contributed by atoms with Gasteiger partial charge in [-0.05, 0) is 19.9 Å². The van der Waals surface area contributed by atoms with Gasteiger partial charge in [0.25, 0.3) is 5.91 Å². The van der Waals surface area contributed by atoms with Gasteiger partial charge < -0.3 is 15.0 Å². The number of nitrogens with two attached hydrogens (primary N) is 1. The Hall–Kier alpha value is -2.77. The molecular weight excluding hydrogens is 337 g/mol. The predicted octanol–water partition coefficient (Wildman–Crippen LogP) is 3.05. The Balaban J connectivity index is 2.28. The highest BCUT2D eigenvalue weighted by Crippen LogP contribution is 2.25. The van der Waals surface area contributed by atoms with Crippen LogP contribution in [0.15, 0.2) is 36.4 Å². The van der Waals surface area contributed by atoms with Crippen molar-refractivity contribution >= 4 is 11.9 Å². The van der Waals surface area contributed by atoms with E-state index in [0.717, 1.165) is 4.57 Å². The fourth-order valence-corrected chi connectivity index (χ4v) is 2.52. The van der Waals surface area contributed by atoms with Crippen LogP contribution >= 0.6 is 0 Å². The lowest BCUT2D eigenvalue weighted by Gasteiger charge is -2.15. The minimum atomic E-state index is -4.42. The molecule has 1 aromatic heterocycles. The van der Waals surface area contributed by atoms with E-state index in [1.807, 2.05) is 0 Å². The second kappa shape index (κ2) is 7.00. The van der Waals surface area contributed by atoms with Gasteiger partial charge in [-0.25, -0.2) is 4.79 Å². The highest BCUT2D eigenvalue weighted by molar-refractivity contribution is 5.93. The van der Waals surface area contributed by atoms with E-state index < -0.39 is 30.7 Å². The number of aromatic nitrogens is 1. The predicted molar refractivity (Wildman–Crippen MR) is 83.8 cm³/mol. The van der Waals surface area contributed by atoms with E-state index in [4.69, 9.17) is 10.5 Å². The number of primary amides is 1. The zero-order chi connectivity index (χ0) is 18.8. The zero-order valence-corrected chi connectivity index (χ0v) is 13.6. The topological polar surface area (TPSA) is 74.3 Å². The van der Waals surface area contributed by atoms with E-state index in [1.54, 1.807) is 30.3 Å². The van der Waals surface area contributed by atoms with Gasteiger partial charge in [0.05, 0.1) is 5.56 Å². The molecule has 5 nitrogen and oxygen atoms in total. The SMILES string of the molecule is Cc1cc(C(=O)O[C@@H](C(N)=O)c2ccccc2)c(C)n1CC(F)(F)F. The summed E-state index contributed by atoms with van der Waals surface area (Å²) in [7, 11) is 0. The number of nitrogens with zero attached hydrogens (tertiary/aromatic N) is 1. The maximum atomic E-state index is 12.7. The standard InChI is InChI=1S/C17H17F3N2O3/c1-10-8-13(11(2)22(10)9-17(18,19)20)16(24)25-14(15(21)23)12-6-4-3-5-7-12/h3-8,14H,9H2,1-2H3,(H2,21,23)/t14-/m1/s1. The quantitative estimate of drug-likeness (QED) is 0.839. The molecule has 8 heteroatoms. The molecule has 1 amide bonds. The highest BCUT2D eigenvalue weighted by Gasteiger charge is 2.31. The van der Waals surface area contributed by atoms with Crippen LogP contribution in [0, 0.1) is 13.8 Å². The van der Waals surface area contributed by atoms with Crippen molar-refractivity contribution in [1.82, 2.24) is 4.57 Å². The molecule has 1 heterocycles. The van der Waals surface area contributed by atoms with Crippen LogP contribution in [0.2, 0.25) is 0 Å². The number of hydrogen-bond acceptors (Lipinski definition) is 3. The van der Waals surface area contributed by atoms with Crippen molar-refractivity contribution < 1.29 is 27.5 Å². The van der Waals surface area contributed by atoms with Gasteiger partial charge in [-0.3, -0.25) is 4.79 Å². The fraction of sp³-hybridized carbons (Fsp3) is 0.294. The molecular formula is C17H17F3N2O3.